The van der Waals surface area contributed by atoms with E-state index in [1.807, 2.05) is 24.3 Å². The maximum absolute atomic E-state index is 9.67. The number of unbranched alkanes of at least 4 members (excludes halogenated alkanes) is 1. The molecule has 0 heterocycles. The Balaban J connectivity index is 2.34. The Hall–Kier alpha value is -1.96. The molecule has 2 heteroatoms. The first kappa shape index (κ1) is 13.5. The highest BCUT2D eigenvalue weighted by Crippen LogP contribution is 2.34. The molecule has 0 aliphatic rings. The lowest BCUT2D eigenvalue weighted by Crippen LogP contribution is -2.01. The quantitative estimate of drug-likeness (QED) is 0.777. The molecular formula is C17H20O2. The van der Waals surface area contributed by atoms with Crippen LogP contribution in [0.4, 0.5) is 0 Å². The molecule has 100 valence electrons. The van der Waals surface area contributed by atoms with Crippen molar-refractivity contribution in [2.45, 2.75) is 32.1 Å². The van der Waals surface area contributed by atoms with Crippen LogP contribution >= 0.6 is 0 Å². The lowest BCUT2D eigenvalue weighted by Gasteiger charge is -2.18. The molecule has 0 saturated heterocycles. The molecule has 0 saturated carbocycles. The van der Waals surface area contributed by atoms with Crippen molar-refractivity contribution in [3.8, 4) is 11.5 Å². The maximum Gasteiger partial charge on any atom is 0.157 e. The first-order valence-electron chi connectivity index (χ1n) is 6.79. The molecular weight excluding hydrogens is 236 g/mol. The third kappa shape index (κ3) is 3.28. The van der Waals surface area contributed by atoms with Gasteiger partial charge in [-0.3, -0.25) is 0 Å². The molecule has 2 aromatic rings. The zero-order chi connectivity index (χ0) is 13.7. The van der Waals surface area contributed by atoms with E-state index in [2.05, 4.69) is 19.1 Å². The summed E-state index contributed by atoms with van der Waals surface area (Å²) in [5.74, 6) is 0.161. The Kier molecular flexibility index (Phi) is 4.45. The minimum atomic E-state index is -0.0638. The van der Waals surface area contributed by atoms with Crippen LogP contribution in [0.5, 0.6) is 11.5 Å². The van der Waals surface area contributed by atoms with Crippen LogP contribution in [0.25, 0.3) is 0 Å². The van der Waals surface area contributed by atoms with E-state index in [9.17, 15) is 10.2 Å². The summed E-state index contributed by atoms with van der Waals surface area (Å²) in [7, 11) is 0. The topological polar surface area (TPSA) is 40.5 Å². The van der Waals surface area contributed by atoms with Crippen molar-refractivity contribution in [1.82, 2.24) is 0 Å². The minimum absolute atomic E-state index is 0.0464. The highest BCUT2D eigenvalue weighted by molar-refractivity contribution is 5.44. The summed E-state index contributed by atoms with van der Waals surface area (Å²) in [4.78, 5) is 0. The Bertz CT molecular complexity index is 520. The lowest BCUT2D eigenvalue weighted by atomic mass is 9.87. The van der Waals surface area contributed by atoms with Crippen LogP contribution in [-0.2, 0) is 0 Å². The van der Waals surface area contributed by atoms with E-state index in [4.69, 9.17) is 0 Å². The van der Waals surface area contributed by atoms with E-state index in [1.165, 1.54) is 5.56 Å². The van der Waals surface area contributed by atoms with E-state index in [1.54, 1.807) is 12.1 Å². The van der Waals surface area contributed by atoms with Crippen molar-refractivity contribution in [2.75, 3.05) is 0 Å². The normalized spacial score (nSPS) is 12.3. The van der Waals surface area contributed by atoms with E-state index in [0.29, 0.717) is 0 Å². The number of phenolic OH excluding ortho intramolecular Hbond substituents is 2. The highest BCUT2D eigenvalue weighted by atomic mass is 16.3. The zero-order valence-corrected chi connectivity index (χ0v) is 11.2. The van der Waals surface area contributed by atoms with Gasteiger partial charge >= 0.3 is 0 Å². The third-order valence-electron chi connectivity index (χ3n) is 3.45. The van der Waals surface area contributed by atoms with Gasteiger partial charge in [-0.25, -0.2) is 0 Å². The van der Waals surface area contributed by atoms with Crippen LogP contribution in [0.3, 0.4) is 0 Å². The van der Waals surface area contributed by atoms with Crippen molar-refractivity contribution in [1.29, 1.82) is 0 Å². The molecule has 0 radical (unpaired) electrons. The standard InChI is InChI=1S/C17H20O2/c1-2-3-9-15(13-7-5-4-6-8-13)14-10-11-16(18)17(19)12-14/h4-8,10-12,15,18-19H,2-3,9H2,1H3. The average Bonchev–Trinajstić information content (AvgIpc) is 2.44. The van der Waals surface area contributed by atoms with Crippen LogP contribution in [0, 0.1) is 0 Å². The zero-order valence-electron chi connectivity index (χ0n) is 11.2. The van der Waals surface area contributed by atoms with Gasteiger partial charge in [0.15, 0.2) is 11.5 Å². The fraction of sp³-hybridized carbons (Fsp3) is 0.294. The van der Waals surface area contributed by atoms with Gasteiger partial charge < -0.3 is 10.2 Å². The number of rotatable bonds is 5. The Morgan fingerprint density at radius 1 is 0.895 bits per heavy atom. The van der Waals surface area contributed by atoms with Gasteiger partial charge in [0.1, 0.15) is 0 Å². The van der Waals surface area contributed by atoms with Gasteiger partial charge in [-0.15, -0.1) is 0 Å². The van der Waals surface area contributed by atoms with E-state index in [0.717, 1.165) is 24.8 Å². The summed E-state index contributed by atoms with van der Waals surface area (Å²) >= 11 is 0. The molecule has 0 fully saturated rings. The fourth-order valence-corrected chi connectivity index (χ4v) is 2.38. The van der Waals surface area contributed by atoms with Crippen molar-refractivity contribution in [3.05, 3.63) is 59.7 Å². The molecule has 2 rings (SSSR count). The van der Waals surface area contributed by atoms with E-state index in [-0.39, 0.29) is 17.4 Å². The smallest absolute Gasteiger partial charge is 0.157 e. The monoisotopic (exact) mass is 256 g/mol. The second-order valence-corrected chi connectivity index (χ2v) is 4.85. The first-order chi connectivity index (χ1) is 9.22. The molecule has 0 aliphatic carbocycles. The molecule has 0 amide bonds. The molecule has 0 bridgehead atoms. The van der Waals surface area contributed by atoms with Gasteiger partial charge in [0.25, 0.3) is 0 Å². The van der Waals surface area contributed by atoms with Crippen LogP contribution in [0.1, 0.15) is 43.2 Å². The van der Waals surface area contributed by atoms with Gasteiger partial charge in [-0.05, 0) is 29.7 Å². The average molecular weight is 256 g/mol. The van der Waals surface area contributed by atoms with Crippen LogP contribution in [-0.4, -0.2) is 10.2 Å². The summed E-state index contributed by atoms with van der Waals surface area (Å²) < 4.78 is 0. The fourth-order valence-electron chi connectivity index (χ4n) is 2.38. The Morgan fingerprint density at radius 3 is 2.26 bits per heavy atom. The Morgan fingerprint density at radius 2 is 1.63 bits per heavy atom. The van der Waals surface area contributed by atoms with Gasteiger partial charge in [-0.1, -0.05) is 56.2 Å². The van der Waals surface area contributed by atoms with Gasteiger partial charge in [0.2, 0.25) is 0 Å². The summed E-state index contributed by atoms with van der Waals surface area (Å²) in [5.41, 5.74) is 2.30. The summed E-state index contributed by atoms with van der Waals surface area (Å²) in [5, 5.41) is 19.1. The van der Waals surface area contributed by atoms with Crippen molar-refractivity contribution in [2.24, 2.45) is 0 Å². The number of hydrogen-bond donors (Lipinski definition) is 2. The SMILES string of the molecule is CCCCC(c1ccccc1)c1ccc(O)c(O)c1. The van der Waals surface area contributed by atoms with Crippen LogP contribution in [0.15, 0.2) is 48.5 Å². The lowest BCUT2D eigenvalue weighted by molar-refractivity contribution is 0.402. The van der Waals surface area contributed by atoms with Crippen LogP contribution in [0.2, 0.25) is 0 Å². The molecule has 1 unspecified atom stereocenters. The van der Waals surface area contributed by atoms with Gasteiger partial charge in [0.05, 0.1) is 0 Å². The predicted molar refractivity (Wildman–Crippen MR) is 77.6 cm³/mol. The molecule has 0 aliphatic heterocycles. The molecule has 0 aromatic heterocycles. The van der Waals surface area contributed by atoms with Crippen molar-refractivity contribution in [3.63, 3.8) is 0 Å². The number of benzene rings is 2. The first-order valence-corrected chi connectivity index (χ1v) is 6.79. The summed E-state index contributed by atoms with van der Waals surface area (Å²) in [6.45, 7) is 2.18. The highest BCUT2D eigenvalue weighted by Gasteiger charge is 2.15. The van der Waals surface area contributed by atoms with E-state index >= 15 is 0 Å². The maximum atomic E-state index is 9.67. The van der Waals surface area contributed by atoms with Gasteiger partial charge in [-0.2, -0.15) is 0 Å². The largest absolute Gasteiger partial charge is 0.504 e. The summed E-state index contributed by atoms with van der Waals surface area (Å²) in [6, 6.07) is 15.4. The Labute approximate surface area is 114 Å². The molecule has 2 aromatic carbocycles. The second kappa shape index (κ2) is 6.28. The molecule has 2 N–H and O–H groups in total. The summed E-state index contributed by atoms with van der Waals surface area (Å²) in [6.07, 6.45) is 3.33. The predicted octanol–water partition coefficient (Wildman–Crippen LogP) is 4.42. The third-order valence-corrected chi connectivity index (χ3v) is 3.45. The molecule has 19 heavy (non-hydrogen) atoms. The second-order valence-electron chi connectivity index (χ2n) is 4.85. The number of hydrogen-bond acceptors (Lipinski definition) is 2. The molecule has 2 nitrogen and oxygen atoms in total. The van der Waals surface area contributed by atoms with Crippen molar-refractivity contribution >= 4 is 0 Å². The van der Waals surface area contributed by atoms with Gasteiger partial charge in [0, 0.05) is 5.92 Å². The molecule has 1 atom stereocenters. The van der Waals surface area contributed by atoms with Crippen LogP contribution < -0.4 is 0 Å². The minimum Gasteiger partial charge on any atom is -0.504 e. The molecule has 0 spiro atoms. The van der Waals surface area contributed by atoms with E-state index < -0.39 is 0 Å². The van der Waals surface area contributed by atoms with Crippen molar-refractivity contribution < 1.29 is 10.2 Å². The number of aromatic hydroxyl groups is 2. The number of phenols is 2.